The van der Waals surface area contributed by atoms with Crippen LogP contribution in [-0.2, 0) is 11.2 Å². The maximum atomic E-state index is 12.9. The van der Waals surface area contributed by atoms with E-state index in [1.165, 1.54) is 0 Å². The largest absolute Gasteiger partial charge is 0.508 e. The summed E-state index contributed by atoms with van der Waals surface area (Å²) in [6.45, 7) is 2.03. The summed E-state index contributed by atoms with van der Waals surface area (Å²) in [5, 5.41) is 13.2. The first kappa shape index (κ1) is 18.3. The molecule has 0 spiro atoms. The summed E-state index contributed by atoms with van der Waals surface area (Å²) in [6, 6.07) is 19.6. The zero-order chi connectivity index (χ0) is 19.7. The van der Waals surface area contributed by atoms with Crippen LogP contribution in [-0.4, -0.2) is 22.8 Å². The normalized spacial score (nSPS) is 16.0. The highest BCUT2D eigenvalue weighted by Gasteiger charge is 2.26. The van der Waals surface area contributed by atoms with E-state index in [4.69, 9.17) is 16.6 Å². The van der Waals surface area contributed by atoms with E-state index in [2.05, 4.69) is 5.32 Å². The second kappa shape index (κ2) is 7.49. The fraction of sp³-hybridized carbons (Fsp3) is 0.130. The van der Waals surface area contributed by atoms with Crippen LogP contribution in [0.4, 0.5) is 5.69 Å². The van der Waals surface area contributed by atoms with Gasteiger partial charge in [0.1, 0.15) is 11.8 Å². The summed E-state index contributed by atoms with van der Waals surface area (Å²) < 4.78 is 0. The molecule has 1 heterocycles. The highest BCUT2D eigenvalue weighted by atomic mass is 35.5. The Morgan fingerprint density at radius 2 is 1.82 bits per heavy atom. The average molecular weight is 391 g/mol. The van der Waals surface area contributed by atoms with Crippen molar-refractivity contribution in [2.24, 2.45) is 4.99 Å². The van der Waals surface area contributed by atoms with Gasteiger partial charge >= 0.3 is 0 Å². The number of hydrogen-bond acceptors (Lipinski definition) is 3. The number of nitrogens with one attached hydrogen (secondary N) is 1. The molecule has 1 aliphatic rings. The average Bonchev–Trinajstić information content (AvgIpc) is 2.81. The number of aliphatic imine (C=N–C) groups is 1. The Morgan fingerprint density at radius 3 is 2.57 bits per heavy atom. The number of rotatable bonds is 3. The Bertz CT molecular complexity index is 1070. The third-order valence-electron chi connectivity index (χ3n) is 4.90. The fourth-order valence-electron chi connectivity index (χ4n) is 3.36. The Morgan fingerprint density at radius 1 is 1.07 bits per heavy atom. The summed E-state index contributed by atoms with van der Waals surface area (Å²) in [7, 11) is 0. The number of aryl methyl sites for hydroxylation is 1. The van der Waals surface area contributed by atoms with Crippen molar-refractivity contribution < 1.29 is 9.90 Å². The molecule has 0 saturated heterocycles. The summed E-state index contributed by atoms with van der Waals surface area (Å²) in [5.74, 6) is 0.0237. The van der Waals surface area contributed by atoms with Crippen molar-refractivity contribution in [1.82, 2.24) is 0 Å². The minimum Gasteiger partial charge on any atom is -0.508 e. The monoisotopic (exact) mass is 390 g/mol. The van der Waals surface area contributed by atoms with Gasteiger partial charge in [0, 0.05) is 22.6 Å². The van der Waals surface area contributed by atoms with E-state index < -0.39 is 6.04 Å². The van der Waals surface area contributed by atoms with Gasteiger partial charge in [0.05, 0.1) is 11.4 Å². The molecule has 1 aliphatic heterocycles. The maximum absolute atomic E-state index is 12.9. The number of amides is 1. The lowest BCUT2D eigenvalue weighted by Crippen LogP contribution is -2.27. The number of anilines is 1. The standard InChI is InChI=1S/C23H19ClN2O2/c1-14-4-2-3-5-16(14)12-21-23(28)26-20-11-8-17(24)13-19(20)22(25-21)15-6-9-18(27)10-7-15/h2-11,13,21,27H,12H2,1H3,(H,26,28). The first-order chi connectivity index (χ1) is 13.5. The van der Waals surface area contributed by atoms with Gasteiger partial charge in [-0.25, -0.2) is 0 Å². The van der Waals surface area contributed by atoms with Crippen LogP contribution >= 0.6 is 11.6 Å². The van der Waals surface area contributed by atoms with Crippen LogP contribution in [0.3, 0.4) is 0 Å². The summed E-state index contributed by atoms with van der Waals surface area (Å²) in [6.07, 6.45) is 0.502. The number of phenols is 1. The lowest BCUT2D eigenvalue weighted by molar-refractivity contribution is -0.117. The van der Waals surface area contributed by atoms with Crippen LogP contribution in [0.1, 0.15) is 22.3 Å². The van der Waals surface area contributed by atoms with Crippen LogP contribution in [0, 0.1) is 6.92 Å². The molecule has 5 heteroatoms. The van der Waals surface area contributed by atoms with E-state index in [0.717, 1.165) is 22.3 Å². The van der Waals surface area contributed by atoms with Gasteiger partial charge in [0.15, 0.2) is 0 Å². The molecule has 1 atom stereocenters. The number of benzene rings is 3. The number of phenolic OH excluding ortho intramolecular Hbond substituents is 1. The van der Waals surface area contributed by atoms with Crippen molar-refractivity contribution in [1.29, 1.82) is 0 Å². The summed E-state index contributed by atoms with van der Waals surface area (Å²) >= 11 is 6.22. The molecule has 3 aromatic rings. The first-order valence-corrected chi connectivity index (χ1v) is 9.41. The minimum atomic E-state index is -0.573. The summed E-state index contributed by atoms with van der Waals surface area (Å²) in [5.41, 5.74) is 5.14. The van der Waals surface area contributed by atoms with Gasteiger partial charge in [-0.3, -0.25) is 9.79 Å². The second-order valence-electron chi connectivity index (χ2n) is 6.85. The van der Waals surface area contributed by atoms with Crippen LogP contribution in [0.25, 0.3) is 0 Å². The number of halogens is 1. The third-order valence-corrected chi connectivity index (χ3v) is 5.13. The van der Waals surface area contributed by atoms with E-state index in [-0.39, 0.29) is 11.7 Å². The van der Waals surface area contributed by atoms with Crippen LogP contribution in [0.15, 0.2) is 71.7 Å². The smallest absolute Gasteiger partial charge is 0.249 e. The number of aromatic hydroxyl groups is 1. The predicted octanol–water partition coefficient (Wildman–Crippen LogP) is 4.75. The van der Waals surface area contributed by atoms with Crippen molar-refractivity contribution in [3.63, 3.8) is 0 Å². The van der Waals surface area contributed by atoms with E-state index in [9.17, 15) is 9.90 Å². The van der Waals surface area contributed by atoms with E-state index >= 15 is 0 Å². The number of fused-ring (bicyclic) bond motifs is 1. The van der Waals surface area contributed by atoms with Crippen molar-refractivity contribution in [3.8, 4) is 5.75 Å². The summed E-state index contributed by atoms with van der Waals surface area (Å²) in [4.78, 5) is 17.8. The lowest BCUT2D eigenvalue weighted by Gasteiger charge is -2.13. The maximum Gasteiger partial charge on any atom is 0.249 e. The topological polar surface area (TPSA) is 61.7 Å². The van der Waals surface area contributed by atoms with Gasteiger partial charge in [0.25, 0.3) is 0 Å². The Balaban J connectivity index is 1.84. The molecule has 4 nitrogen and oxygen atoms in total. The molecule has 3 aromatic carbocycles. The van der Waals surface area contributed by atoms with Gasteiger partial charge in [-0.1, -0.05) is 35.9 Å². The molecule has 0 radical (unpaired) electrons. The molecule has 0 bridgehead atoms. The number of benzodiazepines with no additional fused rings is 1. The molecule has 2 N–H and O–H groups in total. The van der Waals surface area contributed by atoms with Gasteiger partial charge in [-0.2, -0.15) is 0 Å². The Kier molecular flexibility index (Phi) is 4.88. The van der Waals surface area contributed by atoms with Crippen molar-refractivity contribution in [2.45, 2.75) is 19.4 Å². The highest BCUT2D eigenvalue weighted by molar-refractivity contribution is 6.32. The van der Waals surface area contributed by atoms with Crippen molar-refractivity contribution >= 4 is 28.9 Å². The van der Waals surface area contributed by atoms with Crippen LogP contribution < -0.4 is 5.32 Å². The molecule has 1 amide bonds. The van der Waals surface area contributed by atoms with Crippen molar-refractivity contribution in [2.75, 3.05) is 5.32 Å². The van der Waals surface area contributed by atoms with Gasteiger partial charge in [0.2, 0.25) is 5.91 Å². The number of carbonyl (C=O) groups is 1. The predicted molar refractivity (Wildman–Crippen MR) is 112 cm³/mol. The Hall–Kier alpha value is -3.11. The van der Waals surface area contributed by atoms with Crippen LogP contribution in [0.5, 0.6) is 5.75 Å². The van der Waals surface area contributed by atoms with Gasteiger partial charge < -0.3 is 10.4 Å². The lowest BCUT2D eigenvalue weighted by atomic mass is 9.99. The van der Waals surface area contributed by atoms with E-state index in [1.807, 2.05) is 31.2 Å². The Labute approximate surface area is 168 Å². The fourth-order valence-corrected chi connectivity index (χ4v) is 3.53. The van der Waals surface area contributed by atoms with E-state index in [1.54, 1.807) is 42.5 Å². The molecule has 0 aliphatic carbocycles. The molecule has 140 valence electrons. The minimum absolute atomic E-state index is 0.152. The second-order valence-corrected chi connectivity index (χ2v) is 7.29. The van der Waals surface area contributed by atoms with Gasteiger partial charge in [-0.15, -0.1) is 0 Å². The molecule has 0 saturated carbocycles. The SMILES string of the molecule is Cc1ccccc1CC1N=C(c2ccc(O)cc2)c2cc(Cl)ccc2NC1=O. The third kappa shape index (κ3) is 3.64. The number of carbonyl (C=O) groups excluding carboxylic acids is 1. The first-order valence-electron chi connectivity index (χ1n) is 9.04. The van der Waals surface area contributed by atoms with Crippen molar-refractivity contribution in [3.05, 3.63) is 94.0 Å². The zero-order valence-electron chi connectivity index (χ0n) is 15.3. The highest BCUT2D eigenvalue weighted by Crippen LogP contribution is 2.28. The molecule has 0 fully saturated rings. The number of nitrogens with zero attached hydrogens (tertiary/aromatic N) is 1. The van der Waals surface area contributed by atoms with E-state index in [0.29, 0.717) is 22.8 Å². The quantitative estimate of drug-likeness (QED) is 0.677. The van der Waals surface area contributed by atoms with Gasteiger partial charge in [-0.05, 0) is 60.5 Å². The zero-order valence-corrected chi connectivity index (χ0v) is 16.1. The number of hydrogen-bond donors (Lipinski definition) is 2. The molecule has 1 unspecified atom stereocenters. The molecule has 4 rings (SSSR count). The molecular formula is C23H19ClN2O2. The molecule has 28 heavy (non-hydrogen) atoms. The van der Waals surface area contributed by atoms with Crippen LogP contribution in [0.2, 0.25) is 5.02 Å². The molecule has 0 aromatic heterocycles. The molecular weight excluding hydrogens is 372 g/mol.